The molecule has 0 saturated carbocycles. The van der Waals surface area contributed by atoms with Crippen LogP contribution in [-0.2, 0) is 38.0 Å². The van der Waals surface area contributed by atoms with E-state index in [1.165, 1.54) is 14.0 Å². The van der Waals surface area contributed by atoms with Crippen LogP contribution in [0.2, 0.25) is 0 Å². The van der Waals surface area contributed by atoms with Gasteiger partial charge in [-0.3, -0.25) is 4.79 Å². The summed E-state index contributed by atoms with van der Waals surface area (Å²) in [5.74, 6) is -2.31. The van der Waals surface area contributed by atoms with E-state index in [9.17, 15) is 25.2 Å². The third kappa shape index (κ3) is 8.24. The fourth-order valence-corrected chi connectivity index (χ4v) is 9.15. The highest BCUT2D eigenvalue weighted by Gasteiger charge is 2.57. The lowest BCUT2D eigenvalue weighted by Gasteiger charge is -2.49. The normalized spacial score (nSPS) is 48.3. The minimum absolute atomic E-state index is 0.170. The van der Waals surface area contributed by atoms with Crippen LogP contribution >= 0.6 is 0 Å². The van der Waals surface area contributed by atoms with E-state index in [0.717, 1.165) is 12.1 Å². The zero-order valence-electron chi connectivity index (χ0n) is 34.1. The second-order valence-electron chi connectivity index (χ2n) is 17.5. The number of carbonyl (C=O) groups is 1. The SMILES string of the molecule is CC[C@H]1OC(=O)[C@H](C)[C@@H](O[C@H]2C[C@@](C)(OC)[C@@H](O)[C@H](C)O2)[C@H](C)[C@@H](O[C@@H]2O[C@H](C)C[C@H]([N+](C)(C)CC)[C@H]2O)[C@@]2(C)CC(C)=C(O2)[C@H](C)[C@@H](O)[C@]1(C)O. The van der Waals surface area contributed by atoms with E-state index in [0.29, 0.717) is 23.1 Å². The molecule has 52 heavy (non-hydrogen) atoms. The van der Waals surface area contributed by atoms with Gasteiger partial charge in [0.25, 0.3) is 0 Å². The number of methoxy groups -OCH3 is 1. The molecular formula is C39H70NO12+. The van der Waals surface area contributed by atoms with E-state index < -0.39 is 95.8 Å². The minimum atomic E-state index is -1.82. The molecule has 17 atom stereocenters. The first-order valence-corrected chi connectivity index (χ1v) is 19.3. The van der Waals surface area contributed by atoms with Gasteiger partial charge in [-0.15, -0.1) is 0 Å². The lowest BCUT2D eigenvalue weighted by Crippen LogP contribution is -2.64. The topological polar surface area (TPSA) is 163 Å². The molecule has 0 radical (unpaired) electrons. The predicted octanol–water partition coefficient (Wildman–Crippen LogP) is 3.43. The third-order valence-electron chi connectivity index (χ3n) is 13.0. The molecule has 4 rings (SSSR count). The van der Waals surface area contributed by atoms with Crippen molar-refractivity contribution in [2.24, 2.45) is 17.8 Å². The molecular weight excluding hydrogens is 674 g/mol. The minimum Gasteiger partial charge on any atom is -0.489 e. The molecule has 13 heteroatoms. The van der Waals surface area contributed by atoms with Crippen molar-refractivity contribution in [1.29, 1.82) is 0 Å². The number of nitrogens with zero attached hydrogens (tertiary/aromatic N) is 1. The van der Waals surface area contributed by atoms with Crippen LogP contribution in [0, 0.1) is 17.8 Å². The highest BCUT2D eigenvalue weighted by molar-refractivity contribution is 5.73. The molecule has 4 aliphatic heterocycles. The van der Waals surface area contributed by atoms with E-state index in [4.69, 9.17) is 33.2 Å². The van der Waals surface area contributed by atoms with Crippen molar-refractivity contribution in [3.63, 3.8) is 0 Å². The second-order valence-corrected chi connectivity index (χ2v) is 17.5. The maximum absolute atomic E-state index is 14.2. The van der Waals surface area contributed by atoms with Gasteiger partial charge in [0.05, 0.1) is 56.6 Å². The summed E-state index contributed by atoms with van der Waals surface area (Å²) in [4.78, 5) is 14.2. The van der Waals surface area contributed by atoms with Crippen LogP contribution in [0.4, 0.5) is 0 Å². The number of quaternary nitrogens is 1. The Kier molecular flexibility index (Phi) is 13.3. The van der Waals surface area contributed by atoms with E-state index in [2.05, 4.69) is 21.0 Å². The average molecular weight is 745 g/mol. The monoisotopic (exact) mass is 744 g/mol. The number of likely N-dealkylation sites (N-methyl/N-ethyl adjacent to an activating group) is 1. The maximum Gasteiger partial charge on any atom is 0.311 e. The Labute approximate surface area is 311 Å². The van der Waals surface area contributed by atoms with Crippen molar-refractivity contribution >= 4 is 5.97 Å². The lowest BCUT2D eigenvalue weighted by molar-refractivity contribution is -0.920. The first-order chi connectivity index (χ1) is 24.0. The average Bonchev–Trinajstić information content (AvgIpc) is 3.40. The number of aliphatic hydroxyl groups is 4. The highest BCUT2D eigenvalue weighted by Crippen LogP contribution is 2.47. The summed E-state index contributed by atoms with van der Waals surface area (Å²) in [5.41, 5.74) is -3.00. The van der Waals surface area contributed by atoms with E-state index >= 15 is 0 Å². The molecule has 2 bridgehead atoms. The van der Waals surface area contributed by atoms with Crippen LogP contribution in [-0.4, -0.2) is 143 Å². The summed E-state index contributed by atoms with van der Waals surface area (Å²) in [6.07, 6.45) is -7.32. The first-order valence-electron chi connectivity index (χ1n) is 19.3. The number of cyclic esters (lactones) is 1. The Morgan fingerprint density at radius 2 is 1.58 bits per heavy atom. The fraction of sp³-hybridized carbons (Fsp3) is 0.923. The van der Waals surface area contributed by atoms with E-state index in [-0.39, 0.29) is 25.0 Å². The number of ether oxygens (including phenoxy) is 7. The summed E-state index contributed by atoms with van der Waals surface area (Å²) in [6.45, 7) is 21.0. The first kappa shape index (κ1) is 43.3. The number of hydrogen-bond donors (Lipinski definition) is 4. The maximum atomic E-state index is 14.2. The summed E-state index contributed by atoms with van der Waals surface area (Å²) < 4.78 is 45.6. The van der Waals surface area contributed by atoms with Crippen LogP contribution in [0.1, 0.15) is 102 Å². The van der Waals surface area contributed by atoms with Crippen LogP contribution in [0.25, 0.3) is 0 Å². The Bertz CT molecular complexity index is 1280. The molecule has 4 N–H and O–H groups in total. The van der Waals surface area contributed by atoms with Gasteiger partial charge >= 0.3 is 5.97 Å². The second kappa shape index (κ2) is 16.0. The van der Waals surface area contributed by atoms with Gasteiger partial charge in [-0.25, -0.2) is 0 Å². The van der Waals surface area contributed by atoms with Gasteiger partial charge in [-0.05, 0) is 67.4 Å². The number of rotatable bonds is 8. The standard InChI is InChI=1S/C39H70NO12/c1-15-27-39(11,45)32(42)22(5)30-20(3)18-38(10,52-30)34(51-36-29(41)26(17-21(4)47-36)40(12,13)16-2)23(6)31(24(7)35(44)49-27)50-28-19-37(9,46-14)33(43)25(8)48-28/h21-29,31-34,36,41-43,45H,15-19H2,1-14H3/q+1/t21-,22+,23+,24-,25+,26+,27-,28+,29-,31+,32-,33+,34-,36+,37-,38-,39-/m1/s1. The van der Waals surface area contributed by atoms with Crippen molar-refractivity contribution in [2.45, 2.75) is 186 Å². The van der Waals surface area contributed by atoms with Gasteiger partial charge in [0.2, 0.25) is 0 Å². The molecule has 4 aliphatic rings. The van der Waals surface area contributed by atoms with Crippen molar-refractivity contribution in [1.82, 2.24) is 0 Å². The van der Waals surface area contributed by atoms with Crippen LogP contribution < -0.4 is 0 Å². The smallest absolute Gasteiger partial charge is 0.311 e. The van der Waals surface area contributed by atoms with Crippen molar-refractivity contribution in [2.75, 3.05) is 27.7 Å². The number of hydrogen-bond acceptors (Lipinski definition) is 12. The molecule has 0 aliphatic carbocycles. The zero-order chi connectivity index (χ0) is 39.3. The van der Waals surface area contributed by atoms with Gasteiger partial charge in [0.1, 0.15) is 41.3 Å². The quantitative estimate of drug-likeness (QED) is 0.212. The van der Waals surface area contributed by atoms with Crippen molar-refractivity contribution in [3.8, 4) is 0 Å². The van der Waals surface area contributed by atoms with Crippen LogP contribution in [0.5, 0.6) is 0 Å². The summed E-state index contributed by atoms with van der Waals surface area (Å²) in [7, 11) is 5.71. The largest absolute Gasteiger partial charge is 0.489 e. The summed E-state index contributed by atoms with van der Waals surface area (Å²) in [6, 6.07) is -0.170. The number of esters is 1. The molecule has 3 saturated heterocycles. The van der Waals surface area contributed by atoms with Gasteiger partial charge in [-0.2, -0.15) is 0 Å². The van der Waals surface area contributed by atoms with Gasteiger partial charge < -0.3 is 58.1 Å². The highest BCUT2D eigenvalue weighted by atomic mass is 16.7. The lowest BCUT2D eigenvalue weighted by atomic mass is 9.78. The Morgan fingerprint density at radius 3 is 2.15 bits per heavy atom. The molecule has 0 aromatic heterocycles. The Morgan fingerprint density at radius 1 is 0.942 bits per heavy atom. The molecule has 4 heterocycles. The van der Waals surface area contributed by atoms with Gasteiger partial charge in [0.15, 0.2) is 18.7 Å². The van der Waals surface area contributed by atoms with E-state index in [1.54, 1.807) is 34.6 Å². The Balaban J connectivity index is 1.85. The zero-order valence-corrected chi connectivity index (χ0v) is 34.1. The number of fused-ring (bicyclic) bond motifs is 2. The fourth-order valence-electron chi connectivity index (χ4n) is 9.15. The molecule has 0 unspecified atom stereocenters. The number of carbonyl (C=O) groups excluding carboxylic acids is 1. The van der Waals surface area contributed by atoms with Gasteiger partial charge in [-0.1, -0.05) is 20.8 Å². The van der Waals surface area contributed by atoms with Gasteiger partial charge in [0, 0.05) is 38.2 Å². The summed E-state index contributed by atoms with van der Waals surface area (Å²) in [5, 5.41) is 46.3. The Hall–Kier alpha value is -1.39. The molecule has 302 valence electrons. The van der Waals surface area contributed by atoms with Crippen LogP contribution in [0.15, 0.2) is 11.3 Å². The van der Waals surface area contributed by atoms with E-state index in [1.807, 2.05) is 27.7 Å². The van der Waals surface area contributed by atoms with Crippen molar-refractivity contribution < 1.29 is 62.9 Å². The molecule has 13 nitrogen and oxygen atoms in total. The van der Waals surface area contributed by atoms with Crippen molar-refractivity contribution in [3.05, 3.63) is 11.3 Å². The number of aliphatic hydroxyl groups excluding tert-OH is 3. The third-order valence-corrected chi connectivity index (χ3v) is 13.0. The predicted molar refractivity (Wildman–Crippen MR) is 193 cm³/mol. The molecule has 0 spiro atoms. The molecule has 0 aromatic rings. The molecule has 0 amide bonds. The van der Waals surface area contributed by atoms with Crippen LogP contribution in [0.3, 0.4) is 0 Å². The molecule has 0 aromatic carbocycles. The molecule has 3 fully saturated rings. The summed E-state index contributed by atoms with van der Waals surface area (Å²) >= 11 is 0.